The zero-order chi connectivity index (χ0) is 13.9. The third-order valence-corrected chi connectivity index (χ3v) is 4.39. The Bertz CT molecular complexity index is 620. The Morgan fingerprint density at radius 3 is 3.15 bits per heavy atom. The van der Waals surface area contributed by atoms with Crippen LogP contribution in [-0.2, 0) is 4.79 Å². The fraction of sp³-hybridized carbons (Fsp3) is 0.429. The second-order valence-corrected chi connectivity index (χ2v) is 5.88. The molecule has 1 aromatic carbocycles. The van der Waals surface area contributed by atoms with Gasteiger partial charge in [-0.25, -0.2) is 4.98 Å². The van der Waals surface area contributed by atoms with E-state index in [2.05, 4.69) is 15.6 Å². The number of ether oxygens (including phenoxy) is 1. The summed E-state index contributed by atoms with van der Waals surface area (Å²) in [6, 6.07) is 5.61. The maximum atomic E-state index is 12.1. The molecule has 0 unspecified atom stereocenters. The molecule has 5 nitrogen and oxygen atoms in total. The third-order valence-electron chi connectivity index (χ3n) is 3.45. The lowest BCUT2D eigenvalue weighted by Gasteiger charge is -2.21. The molecule has 0 aliphatic carbocycles. The number of fused-ring (bicyclic) bond motifs is 1. The molecular formula is C14H17N3O2S. The molecule has 2 N–H and O–H groups in total. The van der Waals surface area contributed by atoms with Crippen molar-refractivity contribution in [3.8, 4) is 5.75 Å². The highest BCUT2D eigenvalue weighted by atomic mass is 32.1. The number of anilines is 1. The van der Waals surface area contributed by atoms with E-state index in [9.17, 15) is 4.79 Å². The van der Waals surface area contributed by atoms with Gasteiger partial charge in [-0.2, -0.15) is 0 Å². The third kappa shape index (κ3) is 2.76. The van der Waals surface area contributed by atoms with Crippen molar-refractivity contribution in [3.63, 3.8) is 0 Å². The molecule has 1 fully saturated rings. The number of amides is 1. The highest BCUT2D eigenvalue weighted by Gasteiger charge is 2.21. The lowest BCUT2D eigenvalue weighted by molar-refractivity contribution is -0.118. The molecule has 0 radical (unpaired) electrons. The second kappa shape index (κ2) is 5.76. The number of aromatic nitrogens is 1. The van der Waals surface area contributed by atoms with Gasteiger partial charge >= 0.3 is 0 Å². The van der Waals surface area contributed by atoms with Gasteiger partial charge in [0, 0.05) is 0 Å². The van der Waals surface area contributed by atoms with E-state index in [0.717, 1.165) is 41.8 Å². The molecule has 6 heteroatoms. The van der Waals surface area contributed by atoms with Crippen molar-refractivity contribution in [3.05, 3.63) is 18.2 Å². The molecule has 1 aliphatic rings. The predicted octanol–water partition coefficient (Wildman–Crippen LogP) is 2.39. The SMILES string of the molecule is COc1ccc2nc(NC(=O)[C@H]3CCCCN3)sc2c1. The van der Waals surface area contributed by atoms with E-state index in [1.165, 1.54) is 11.3 Å². The number of hydrogen-bond donors (Lipinski definition) is 2. The summed E-state index contributed by atoms with van der Waals surface area (Å²) in [5.74, 6) is 0.809. The Balaban J connectivity index is 1.75. The molecule has 3 rings (SSSR count). The minimum absolute atomic E-state index is 0.00993. The molecule has 106 valence electrons. The average Bonchev–Trinajstić information content (AvgIpc) is 2.89. The number of carbonyl (C=O) groups excluding carboxylic acids is 1. The van der Waals surface area contributed by atoms with Crippen molar-refractivity contribution < 1.29 is 9.53 Å². The van der Waals surface area contributed by atoms with Gasteiger partial charge in [0.25, 0.3) is 0 Å². The molecule has 0 spiro atoms. The van der Waals surface area contributed by atoms with Crippen LogP contribution in [0.15, 0.2) is 18.2 Å². The average molecular weight is 291 g/mol. The van der Waals surface area contributed by atoms with Crippen LogP contribution < -0.4 is 15.4 Å². The van der Waals surface area contributed by atoms with Crippen molar-refractivity contribution in [1.82, 2.24) is 10.3 Å². The summed E-state index contributed by atoms with van der Waals surface area (Å²) in [6.45, 7) is 0.912. The van der Waals surface area contributed by atoms with Gasteiger partial charge in [0.1, 0.15) is 5.75 Å². The van der Waals surface area contributed by atoms with Crippen LogP contribution in [-0.4, -0.2) is 30.6 Å². The number of benzene rings is 1. The zero-order valence-corrected chi connectivity index (χ0v) is 12.1. The van der Waals surface area contributed by atoms with E-state index in [4.69, 9.17) is 4.74 Å². The summed E-state index contributed by atoms with van der Waals surface area (Å²) in [5, 5.41) is 6.78. The number of nitrogens with zero attached hydrogens (tertiary/aromatic N) is 1. The van der Waals surface area contributed by atoms with Crippen molar-refractivity contribution in [2.75, 3.05) is 19.0 Å². The van der Waals surface area contributed by atoms with Gasteiger partial charge < -0.3 is 15.4 Å². The Morgan fingerprint density at radius 2 is 2.40 bits per heavy atom. The lowest BCUT2D eigenvalue weighted by atomic mass is 10.0. The monoisotopic (exact) mass is 291 g/mol. The maximum absolute atomic E-state index is 12.1. The summed E-state index contributed by atoms with van der Waals surface area (Å²) in [4.78, 5) is 16.6. The van der Waals surface area contributed by atoms with Gasteiger partial charge in [0.2, 0.25) is 5.91 Å². The fourth-order valence-corrected chi connectivity index (χ4v) is 3.25. The molecule has 1 aliphatic heterocycles. The van der Waals surface area contributed by atoms with Crippen molar-refractivity contribution in [2.45, 2.75) is 25.3 Å². The normalized spacial score (nSPS) is 18.9. The molecule has 1 atom stereocenters. The summed E-state index contributed by atoms with van der Waals surface area (Å²) >= 11 is 1.47. The van der Waals surface area contributed by atoms with Crippen molar-refractivity contribution in [2.24, 2.45) is 0 Å². The van der Waals surface area contributed by atoms with Crippen LogP contribution in [0.3, 0.4) is 0 Å². The highest BCUT2D eigenvalue weighted by molar-refractivity contribution is 7.22. The summed E-state index contributed by atoms with van der Waals surface area (Å²) in [5.41, 5.74) is 0.878. The first-order valence-electron chi connectivity index (χ1n) is 6.75. The molecule has 2 heterocycles. The van der Waals surface area contributed by atoms with Gasteiger partial charge in [0.05, 0.1) is 23.4 Å². The molecule has 1 amide bonds. The topological polar surface area (TPSA) is 63.2 Å². The van der Waals surface area contributed by atoms with Crippen LogP contribution in [0.2, 0.25) is 0 Å². The van der Waals surface area contributed by atoms with Gasteiger partial charge in [-0.05, 0) is 37.6 Å². The molecule has 0 bridgehead atoms. The van der Waals surface area contributed by atoms with Gasteiger partial charge in [0.15, 0.2) is 5.13 Å². The van der Waals surface area contributed by atoms with Crippen LogP contribution in [0.4, 0.5) is 5.13 Å². The van der Waals surface area contributed by atoms with Crippen LogP contribution in [0.5, 0.6) is 5.75 Å². The van der Waals surface area contributed by atoms with Gasteiger partial charge in [-0.3, -0.25) is 4.79 Å². The van der Waals surface area contributed by atoms with E-state index < -0.39 is 0 Å². The Hall–Kier alpha value is -1.66. The maximum Gasteiger partial charge on any atom is 0.243 e. The number of hydrogen-bond acceptors (Lipinski definition) is 5. The van der Waals surface area contributed by atoms with E-state index in [1.807, 2.05) is 18.2 Å². The predicted molar refractivity (Wildman–Crippen MR) is 80.4 cm³/mol. The Kier molecular flexibility index (Phi) is 3.84. The van der Waals surface area contributed by atoms with Gasteiger partial charge in [-0.1, -0.05) is 17.8 Å². The van der Waals surface area contributed by atoms with Crippen LogP contribution >= 0.6 is 11.3 Å². The molecule has 1 saturated heterocycles. The van der Waals surface area contributed by atoms with E-state index >= 15 is 0 Å². The number of thiazole rings is 1. The first-order chi connectivity index (χ1) is 9.76. The first-order valence-corrected chi connectivity index (χ1v) is 7.57. The Labute approximate surface area is 121 Å². The minimum atomic E-state index is -0.0923. The number of piperidine rings is 1. The van der Waals surface area contributed by atoms with E-state index in [-0.39, 0.29) is 11.9 Å². The van der Waals surface area contributed by atoms with E-state index in [1.54, 1.807) is 7.11 Å². The van der Waals surface area contributed by atoms with Crippen LogP contribution in [0.25, 0.3) is 10.2 Å². The number of nitrogens with one attached hydrogen (secondary N) is 2. The van der Waals surface area contributed by atoms with Crippen molar-refractivity contribution in [1.29, 1.82) is 0 Å². The standard InChI is InChI=1S/C14H17N3O2S/c1-19-9-5-6-10-12(8-9)20-14(16-10)17-13(18)11-4-2-3-7-15-11/h5-6,8,11,15H,2-4,7H2,1H3,(H,16,17,18)/t11-/m1/s1. The summed E-state index contributed by atoms with van der Waals surface area (Å²) < 4.78 is 6.20. The number of rotatable bonds is 3. The van der Waals surface area contributed by atoms with Crippen molar-refractivity contribution >= 4 is 32.6 Å². The zero-order valence-electron chi connectivity index (χ0n) is 11.3. The number of carbonyl (C=O) groups is 1. The molecule has 1 aromatic heterocycles. The van der Waals surface area contributed by atoms with E-state index in [0.29, 0.717) is 5.13 Å². The van der Waals surface area contributed by atoms with Gasteiger partial charge in [-0.15, -0.1) is 0 Å². The quantitative estimate of drug-likeness (QED) is 0.911. The second-order valence-electron chi connectivity index (χ2n) is 4.84. The fourth-order valence-electron chi connectivity index (χ4n) is 2.35. The first kappa shape index (κ1) is 13.3. The highest BCUT2D eigenvalue weighted by Crippen LogP contribution is 2.29. The largest absolute Gasteiger partial charge is 0.497 e. The smallest absolute Gasteiger partial charge is 0.243 e. The van der Waals surface area contributed by atoms with Crippen LogP contribution in [0.1, 0.15) is 19.3 Å². The summed E-state index contributed by atoms with van der Waals surface area (Å²) in [7, 11) is 1.64. The minimum Gasteiger partial charge on any atom is -0.497 e. The molecule has 2 aromatic rings. The number of methoxy groups -OCH3 is 1. The van der Waals surface area contributed by atoms with Crippen LogP contribution in [0, 0.1) is 0 Å². The summed E-state index contributed by atoms with van der Waals surface area (Å²) in [6.07, 6.45) is 3.14. The Morgan fingerprint density at radius 1 is 1.50 bits per heavy atom. The lowest BCUT2D eigenvalue weighted by Crippen LogP contribution is -2.43. The molecular weight excluding hydrogens is 274 g/mol. The molecule has 0 saturated carbocycles. The molecule has 20 heavy (non-hydrogen) atoms.